The number of fused-ring (bicyclic) bond motifs is 1. The number of nitrogens with one attached hydrogen (secondary N) is 1. The summed E-state index contributed by atoms with van der Waals surface area (Å²) in [5, 5.41) is 5.11. The lowest BCUT2D eigenvalue weighted by Crippen LogP contribution is -2.45. The molecule has 1 aromatic heterocycles. The zero-order valence-corrected chi connectivity index (χ0v) is 16.9. The van der Waals surface area contributed by atoms with Crippen LogP contribution in [0.25, 0.3) is 0 Å². The average Bonchev–Trinajstić information content (AvgIpc) is 3.29. The number of ether oxygens (including phenoxy) is 1. The number of benzene rings is 2. The minimum Gasteiger partial charge on any atom is -0.482 e. The van der Waals surface area contributed by atoms with Gasteiger partial charge in [0, 0.05) is 4.88 Å². The summed E-state index contributed by atoms with van der Waals surface area (Å²) in [6, 6.07) is 19.3. The van der Waals surface area contributed by atoms with Crippen LogP contribution in [0.15, 0.2) is 66.0 Å². The molecular formula is C23H22N2O3S. The van der Waals surface area contributed by atoms with E-state index in [1.54, 1.807) is 23.5 Å². The Balaban J connectivity index is 1.55. The van der Waals surface area contributed by atoms with Gasteiger partial charge in [-0.25, -0.2) is 0 Å². The molecule has 2 amide bonds. The molecule has 2 heterocycles. The Kier molecular flexibility index (Phi) is 5.62. The maximum atomic E-state index is 12.9. The van der Waals surface area contributed by atoms with E-state index in [2.05, 4.69) is 36.5 Å². The van der Waals surface area contributed by atoms with Gasteiger partial charge in [0.15, 0.2) is 6.61 Å². The smallest absolute Gasteiger partial charge is 0.265 e. The first-order chi connectivity index (χ1) is 14.2. The third-order valence-electron chi connectivity index (χ3n) is 4.96. The second kappa shape index (κ2) is 8.49. The molecule has 0 radical (unpaired) electrons. The number of amides is 2. The van der Waals surface area contributed by atoms with Crippen LogP contribution in [0.5, 0.6) is 5.75 Å². The number of hydrogen-bond acceptors (Lipinski definition) is 4. The van der Waals surface area contributed by atoms with Crippen molar-refractivity contribution >= 4 is 28.8 Å². The number of para-hydroxylation sites is 2. The predicted molar refractivity (Wildman–Crippen MR) is 114 cm³/mol. The Hall–Kier alpha value is -3.12. The van der Waals surface area contributed by atoms with Crippen LogP contribution in [-0.2, 0) is 16.0 Å². The van der Waals surface area contributed by atoms with Crippen molar-refractivity contribution in [3.05, 3.63) is 82.0 Å². The van der Waals surface area contributed by atoms with E-state index >= 15 is 0 Å². The fourth-order valence-electron chi connectivity index (χ4n) is 3.40. The largest absolute Gasteiger partial charge is 0.482 e. The number of rotatable bonds is 6. The van der Waals surface area contributed by atoms with Crippen LogP contribution in [-0.4, -0.2) is 25.0 Å². The number of anilines is 1. The first-order valence-electron chi connectivity index (χ1n) is 9.59. The molecule has 4 rings (SSSR count). The molecule has 148 valence electrons. The standard InChI is InChI=1S/C23H22N2O3S/c1-2-16-9-11-17(12-10-16)23(20-8-5-13-29-20)24-21(26)14-25-18-6-3-4-7-19(18)28-15-22(25)27/h3-13,23H,2,14-15H2,1H3,(H,24,26). The highest BCUT2D eigenvalue weighted by Crippen LogP contribution is 2.31. The third kappa shape index (κ3) is 4.17. The van der Waals surface area contributed by atoms with Crippen molar-refractivity contribution in [3.63, 3.8) is 0 Å². The van der Waals surface area contributed by atoms with Crippen LogP contribution in [0.1, 0.15) is 29.0 Å². The van der Waals surface area contributed by atoms with Gasteiger partial charge < -0.3 is 10.1 Å². The van der Waals surface area contributed by atoms with Crippen molar-refractivity contribution in [2.75, 3.05) is 18.1 Å². The molecule has 1 aliphatic rings. The predicted octanol–water partition coefficient (Wildman–Crippen LogP) is 3.94. The van der Waals surface area contributed by atoms with E-state index < -0.39 is 0 Å². The Morgan fingerprint density at radius 2 is 1.93 bits per heavy atom. The van der Waals surface area contributed by atoms with E-state index in [9.17, 15) is 9.59 Å². The Labute approximate surface area is 173 Å². The second-order valence-electron chi connectivity index (χ2n) is 6.85. The van der Waals surface area contributed by atoms with Crippen molar-refractivity contribution in [2.24, 2.45) is 0 Å². The van der Waals surface area contributed by atoms with E-state index in [-0.39, 0.29) is 31.0 Å². The monoisotopic (exact) mass is 406 g/mol. The van der Waals surface area contributed by atoms with Gasteiger partial charge in [0.05, 0.1) is 11.7 Å². The summed E-state index contributed by atoms with van der Waals surface area (Å²) in [6.45, 7) is 2.01. The van der Waals surface area contributed by atoms with Gasteiger partial charge >= 0.3 is 0 Å². The van der Waals surface area contributed by atoms with E-state index in [1.165, 1.54) is 10.5 Å². The Morgan fingerprint density at radius 3 is 2.66 bits per heavy atom. The summed E-state index contributed by atoms with van der Waals surface area (Å²) in [6.07, 6.45) is 0.967. The quantitative estimate of drug-likeness (QED) is 0.675. The van der Waals surface area contributed by atoms with Crippen LogP contribution in [0.2, 0.25) is 0 Å². The van der Waals surface area contributed by atoms with Crippen molar-refractivity contribution in [3.8, 4) is 5.75 Å². The van der Waals surface area contributed by atoms with Crippen molar-refractivity contribution in [1.82, 2.24) is 5.32 Å². The summed E-state index contributed by atoms with van der Waals surface area (Å²) in [5.74, 6) is 0.178. The zero-order chi connectivity index (χ0) is 20.2. The number of carbonyl (C=O) groups excluding carboxylic acids is 2. The fourth-order valence-corrected chi connectivity index (χ4v) is 4.20. The molecule has 5 nitrogen and oxygen atoms in total. The lowest BCUT2D eigenvalue weighted by atomic mass is 10.0. The molecule has 0 bridgehead atoms. The molecule has 0 saturated carbocycles. The molecule has 3 aromatic rings. The normalized spacial score (nSPS) is 14.1. The number of aryl methyl sites for hydroxylation is 1. The second-order valence-corrected chi connectivity index (χ2v) is 7.83. The first-order valence-corrected chi connectivity index (χ1v) is 10.5. The molecule has 2 aromatic carbocycles. The molecule has 0 spiro atoms. The van der Waals surface area contributed by atoms with E-state index in [4.69, 9.17) is 4.74 Å². The minimum absolute atomic E-state index is 0.0475. The van der Waals surface area contributed by atoms with E-state index in [1.807, 2.05) is 29.6 Å². The lowest BCUT2D eigenvalue weighted by molar-refractivity contribution is -0.125. The van der Waals surface area contributed by atoms with E-state index in [0.717, 1.165) is 16.9 Å². The maximum absolute atomic E-state index is 12.9. The number of thiophene rings is 1. The van der Waals surface area contributed by atoms with Crippen molar-refractivity contribution in [1.29, 1.82) is 0 Å². The summed E-state index contributed by atoms with van der Waals surface area (Å²) in [5.41, 5.74) is 2.89. The van der Waals surface area contributed by atoms with E-state index in [0.29, 0.717) is 11.4 Å². The maximum Gasteiger partial charge on any atom is 0.265 e. The molecule has 0 saturated heterocycles. The topological polar surface area (TPSA) is 58.6 Å². The number of nitrogens with zero attached hydrogens (tertiary/aromatic N) is 1. The molecule has 0 aliphatic carbocycles. The van der Waals surface area contributed by atoms with Gasteiger partial charge in [0.25, 0.3) is 5.91 Å². The molecule has 0 fully saturated rings. The number of carbonyl (C=O) groups is 2. The van der Waals surface area contributed by atoms with Gasteiger partial charge in [-0.3, -0.25) is 14.5 Å². The van der Waals surface area contributed by atoms with Gasteiger partial charge in [0.1, 0.15) is 12.3 Å². The van der Waals surface area contributed by atoms with Crippen LogP contribution < -0.4 is 15.0 Å². The summed E-state index contributed by atoms with van der Waals surface area (Å²) < 4.78 is 5.46. The Morgan fingerprint density at radius 1 is 1.14 bits per heavy atom. The minimum atomic E-state index is -0.250. The fraction of sp³-hybridized carbons (Fsp3) is 0.217. The summed E-state index contributed by atoms with van der Waals surface area (Å²) in [4.78, 5) is 27.8. The van der Waals surface area contributed by atoms with Crippen LogP contribution >= 0.6 is 11.3 Å². The molecule has 6 heteroatoms. The summed E-state index contributed by atoms with van der Waals surface area (Å²) >= 11 is 1.60. The molecule has 1 aliphatic heterocycles. The molecule has 1 atom stereocenters. The molecule has 29 heavy (non-hydrogen) atoms. The SMILES string of the molecule is CCc1ccc(C(NC(=O)CN2C(=O)COc3ccccc32)c2cccs2)cc1. The lowest BCUT2D eigenvalue weighted by Gasteiger charge is -2.29. The third-order valence-corrected chi connectivity index (χ3v) is 5.90. The van der Waals surface area contributed by atoms with Crippen molar-refractivity contribution < 1.29 is 14.3 Å². The Bertz CT molecular complexity index is 999. The molecule has 1 N–H and O–H groups in total. The molecule has 1 unspecified atom stereocenters. The van der Waals surface area contributed by atoms with Gasteiger partial charge in [0.2, 0.25) is 5.91 Å². The van der Waals surface area contributed by atoms with Gasteiger partial charge in [-0.15, -0.1) is 11.3 Å². The van der Waals surface area contributed by atoms with Gasteiger partial charge in [-0.05, 0) is 41.1 Å². The zero-order valence-electron chi connectivity index (χ0n) is 16.1. The van der Waals surface area contributed by atoms with Crippen molar-refractivity contribution in [2.45, 2.75) is 19.4 Å². The molecular weight excluding hydrogens is 384 g/mol. The first kappa shape index (κ1) is 19.2. The highest BCUT2D eigenvalue weighted by atomic mass is 32.1. The van der Waals surface area contributed by atoms with Crippen LogP contribution in [0, 0.1) is 0 Å². The van der Waals surface area contributed by atoms with Gasteiger partial charge in [-0.2, -0.15) is 0 Å². The number of hydrogen-bond donors (Lipinski definition) is 1. The summed E-state index contributed by atoms with van der Waals surface area (Å²) in [7, 11) is 0. The average molecular weight is 407 g/mol. The van der Waals surface area contributed by atoms with Crippen LogP contribution in [0.4, 0.5) is 5.69 Å². The highest BCUT2D eigenvalue weighted by molar-refractivity contribution is 7.10. The highest BCUT2D eigenvalue weighted by Gasteiger charge is 2.28. The van der Waals surface area contributed by atoms with Crippen LogP contribution in [0.3, 0.4) is 0 Å². The van der Waals surface area contributed by atoms with Gasteiger partial charge in [-0.1, -0.05) is 49.4 Å².